The van der Waals surface area contributed by atoms with Crippen molar-refractivity contribution in [1.82, 2.24) is 14.8 Å². The molecule has 0 aliphatic heterocycles. The predicted octanol–water partition coefficient (Wildman–Crippen LogP) is 3.83. The molecule has 128 valence electrons. The molecule has 0 fully saturated rings. The summed E-state index contributed by atoms with van der Waals surface area (Å²) in [5, 5.41) is 12.1. The second kappa shape index (κ2) is 7.53. The van der Waals surface area contributed by atoms with Crippen molar-refractivity contribution in [2.24, 2.45) is 7.05 Å². The first-order chi connectivity index (χ1) is 12.0. The van der Waals surface area contributed by atoms with Crippen molar-refractivity contribution in [3.63, 3.8) is 0 Å². The van der Waals surface area contributed by atoms with Crippen LogP contribution in [0.15, 0.2) is 53.7 Å². The topological polar surface area (TPSA) is 59.8 Å². The Kier molecular flexibility index (Phi) is 5.19. The number of carbonyl (C=O) groups excluding carboxylic acids is 1. The van der Waals surface area contributed by atoms with Crippen LogP contribution in [-0.2, 0) is 11.8 Å². The van der Waals surface area contributed by atoms with Crippen molar-refractivity contribution < 1.29 is 4.79 Å². The van der Waals surface area contributed by atoms with E-state index in [1.54, 1.807) is 0 Å². The fourth-order valence-corrected chi connectivity index (χ4v) is 3.16. The standard InChI is InChI=1S/C19H20N4OS/c1-13-7-9-15(10-8-13)18-21-22-19(23(18)3)25-12-17(24)20-16-6-4-5-14(2)11-16/h4-11H,12H2,1-3H3,(H,20,24). The van der Waals surface area contributed by atoms with Gasteiger partial charge in [-0.05, 0) is 31.5 Å². The highest BCUT2D eigenvalue weighted by Crippen LogP contribution is 2.23. The minimum Gasteiger partial charge on any atom is -0.325 e. The number of carbonyl (C=O) groups is 1. The highest BCUT2D eigenvalue weighted by atomic mass is 32.2. The summed E-state index contributed by atoms with van der Waals surface area (Å²) in [5.41, 5.74) is 4.13. The van der Waals surface area contributed by atoms with Gasteiger partial charge in [0, 0.05) is 18.3 Å². The molecular formula is C19H20N4OS. The lowest BCUT2D eigenvalue weighted by Crippen LogP contribution is -2.14. The van der Waals surface area contributed by atoms with E-state index >= 15 is 0 Å². The van der Waals surface area contributed by atoms with Crippen molar-refractivity contribution in [3.8, 4) is 11.4 Å². The zero-order chi connectivity index (χ0) is 17.8. The van der Waals surface area contributed by atoms with Gasteiger partial charge >= 0.3 is 0 Å². The van der Waals surface area contributed by atoms with Gasteiger partial charge in [0.15, 0.2) is 11.0 Å². The summed E-state index contributed by atoms with van der Waals surface area (Å²) in [6.45, 7) is 4.05. The Morgan fingerprint density at radius 2 is 1.84 bits per heavy atom. The van der Waals surface area contributed by atoms with Crippen LogP contribution >= 0.6 is 11.8 Å². The quantitative estimate of drug-likeness (QED) is 0.709. The number of hydrogen-bond donors (Lipinski definition) is 1. The minimum atomic E-state index is -0.0597. The molecule has 0 unspecified atom stereocenters. The van der Waals surface area contributed by atoms with Gasteiger partial charge in [-0.15, -0.1) is 10.2 Å². The summed E-state index contributed by atoms with van der Waals surface area (Å²) in [5.74, 6) is 1.02. The van der Waals surface area contributed by atoms with E-state index in [1.807, 2.05) is 67.1 Å². The Morgan fingerprint density at radius 1 is 1.08 bits per heavy atom. The third kappa shape index (κ3) is 4.28. The van der Waals surface area contributed by atoms with Gasteiger partial charge < -0.3 is 9.88 Å². The summed E-state index contributed by atoms with van der Waals surface area (Å²) >= 11 is 1.37. The van der Waals surface area contributed by atoms with Crippen LogP contribution in [0.25, 0.3) is 11.4 Å². The summed E-state index contributed by atoms with van der Waals surface area (Å²) in [6, 6.07) is 15.9. The molecule has 3 rings (SSSR count). The van der Waals surface area contributed by atoms with Gasteiger partial charge in [0.1, 0.15) is 0 Å². The Balaban J connectivity index is 1.64. The van der Waals surface area contributed by atoms with E-state index in [4.69, 9.17) is 0 Å². The smallest absolute Gasteiger partial charge is 0.234 e. The summed E-state index contributed by atoms with van der Waals surface area (Å²) in [4.78, 5) is 12.1. The fourth-order valence-electron chi connectivity index (χ4n) is 2.44. The summed E-state index contributed by atoms with van der Waals surface area (Å²) in [7, 11) is 1.91. The van der Waals surface area contributed by atoms with E-state index in [1.165, 1.54) is 17.3 Å². The molecule has 0 aliphatic rings. The van der Waals surface area contributed by atoms with Crippen molar-refractivity contribution in [2.45, 2.75) is 19.0 Å². The van der Waals surface area contributed by atoms with Crippen LogP contribution in [0.4, 0.5) is 5.69 Å². The first-order valence-corrected chi connectivity index (χ1v) is 8.97. The minimum absolute atomic E-state index is 0.0597. The SMILES string of the molecule is Cc1ccc(-c2nnc(SCC(=O)Nc3cccc(C)c3)n2C)cc1. The van der Waals surface area contributed by atoms with E-state index < -0.39 is 0 Å². The van der Waals surface area contributed by atoms with Crippen LogP contribution < -0.4 is 5.32 Å². The van der Waals surface area contributed by atoms with Crippen molar-refractivity contribution in [3.05, 3.63) is 59.7 Å². The lowest BCUT2D eigenvalue weighted by Gasteiger charge is -2.06. The van der Waals surface area contributed by atoms with Gasteiger partial charge in [-0.25, -0.2) is 0 Å². The Hall–Kier alpha value is -2.60. The number of benzene rings is 2. The number of nitrogens with zero attached hydrogens (tertiary/aromatic N) is 3. The van der Waals surface area contributed by atoms with E-state index in [2.05, 4.69) is 22.4 Å². The molecule has 3 aromatic rings. The van der Waals surface area contributed by atoms with Crippen LogP contribution in [0.3, 0.4) is 0 Å². The van der Waals surface area contributed by atoms with E-state index in [9.17, 15) is 4.79 Å². The molecule has 1 aromatic heterocycles. The molecule has 0 saturated heterocycles. The molecule has 0 saturated carbocycles. The van der Waals surface area contributed by atoms with E-state index in [-0.39, 0.29) is 11.7 Å². The maximum atomic E-state index is 12.1. The number of hydrogen-bond acceptors (Lipinski definition) is 4. The molecule has 2 aromatic carbocycles. The van der Waals surface area contributed by atoms with E-state index in [0.29, 0.717) is 0 Å². The average molecular weight is 352 g/mol. The highest BCUT2D eigenvalue weighted by Gasteiger charge is 2.13. The monoisotopic (exact) mass is 352 g/mol. The zero-order valence-electron chi connectivity index (χ0n) is 14.5. The summed E-state index contributed by atoms with van der Waals surface area (Å²) < 4.78 is 1.91. The third-order valence-electron chi connectivity index (χ3n) is 3.78. The van der Waals surface area contributed by atoms with Gasteiger partial charge in [0.25, 0.3) is 0 Å². The number of amides is 1. The Labute approximate surface area is 151 Å². The Bertz CT molecular complexity index is 887. The first kappa shape index (κ1) is 17.2. The number of anilines is 1. The number of thioether (sulfide) groups is 1. The molecule has 0 atom stereocenters. The van der Waals surface area contributed by atoms with Crippen LogP contribution in [0, 0.1) is 13.8 Å². The molecule has 1 N–H and O–H groups in total. The van der Waals surface area contributed by atoms with Gasteiger partial charge in [0.05, 0.1) is 5.75 Å². The lowest BCUT2D eigenvalue weighted by molar-refractivity contribution is -0.113. The third-order valence-corrected chi connectivity index (χ3v) is 4.80. The fraction of sp³-hybridized carbons (Fsp3) is 0.211. The van der Waals surface area contributed by atoms with Crippen LogP contribution in [-0.4, -0.2) is 26.4 Å². The van der Waals surface area contributed by atoms with Crippen LogP contribution in [0.5, 0.6) is 0 Å². The van der Waals surface area contributed by atoms with Crippen LogP contribution in [0.1, 0.15) is 11.1 Å². The molecule has 0 bridgehead atoms. The van der Waals surface area contributed by atoms with Gasteiger partial charge in [-0.3, -0.25) is 4.79 Å². The van der Waals surface area contributed by atoms with Gasteiger partial charge in [-0.1, -0.05) is 53.7 Å². The Morgan fingerprint density at radius 3 is 2.56 bits per heavy atom. The molecule has 0 aliphatic carbocycles. The maximum Gasteiger partial charge on any atom is 0.234 e. The van der Waals surface area contributed by atoms with Crippen molar-refractivity contribution in [2.75, 3.05) is 11.1 Å². The molecule has 1 heterocycles. The largest absolute Gasteiger partial charge is 0.325 e. The molecule has 25 heavy (non-hydrogen) atoms. The molecular weight excluding hydrogens is 332 g/mol. The lowest BCUT2D eigenvalue weighted by atomic mass is 10.1. The predicted molar refractivity (Wildman–Crippen MR) is 102 cm³/mol. The molecule has 0 radical (unpaired) electrons. The van der Waals surface area contributed by atoms with Gasteiger partial charge in [0.2, 0.25) is 5.91 Å². The number of rotatable bonds is 5. The second-order valence-corrected chi connectivity index (χ2v) is 6.88. The zero-order valence-corrected chi connectivity index (χ0v) is 15.3. The number of aryl methyl sites for hydroxylation is 2. The van der Waals surface area contributed by atoms with Crippen molar-refractivity contribution in [1.29, 1.82) is 0 Å². The molecule has 1 amide bonds. The molecule has 6 heteroatoms. The van der Waals surface area contributed by atoms with E-state index in [0.717, 1.165) is 27.8 Å². The first-order valence-electron chi connectivity index (χ1n) is 7.98. The maximum absolute atomic E-state index is 12.1. The number of nitrogens with one attached hydrogen (secondary N) is 1. The van der Waals surface area contributed by atoms with Crippen LogP contribution in [0.2, 0.25) is 0 Å². The molecule has 0 spiro atoms. The van der Waals surface area contributed by atoms with Crippen molar-refractivity contribution >= 4 is 23.4 Å². The number of aromatic nitrogens is 3. The molecule has 5 nitrogen and oxygen atoms in total. The average Bonchev–Trinajstić information content (AvgIpc) is 2.94. The highest BCUT2D eigenvalue weighted by molar-refractivity contribution is 7.99. The normalized spacial score (nSPS) is 10.7. The second-order valence-electron chi connectivity index (χ2n) is 5.94. The summed E-state index contributed by atoms with van der Waals surface area (Å²) in [6.07, 6.45) is 0. The van der Waals surface area contributed by atoms with Gasteiger partial charge in [-0.2, -0.15) is 0 Å².